The molecule has 0 aromatic heterocycles. The van der Waals surface area contributed by atoms with Gasteiger partial charge in [-0.1, -0.05) is 22.8 Å². The van der Waals surface area contributed by atoms with E-state index in [2.05, 4.69) is 10.5 Å². The zero-order chi connectivity index (χ0) is 13.9. The molecule has 0 heterocycles. The van der Waals surface area contributed by atoms with E-state index in [0.29, 0.717) is 10.7 Å². The Bertz CT molecular complexity index is 498. The summed E-state index contributed by atoms with van der Waals surface area (Å²) in [7, 11) is 0. The van der Waals surface area contributed by atoms with Crippen LogP contribution in [0, 0.1) is 12.3 Å². The molecule has 0 aliphatic rings. The summed E-state index contributed by atoms with van der Waals surface area (Å²) in [6, 6.07) is 5.19. The second kappa shape index (κ2) is 5.27. The fourth-order valence-electron chi connectivity index (χ4n) is 1.20. The number of aryl methyl sites for hydroxylation is 1. The quantitative estimate of drug-likeness (QED) is 0.341. The van der Waals surface area contributed by atoms with Crippen molar-refractivity contribution in [3.63, 3.8) is 0 Å². The highest BCUT2D eigenvalue weighted by atomic mass is 35.5. The van der Waals surface area contributed by atoms with Crippen molar-refractivity contribution < 1.29 is 10.0 Å². The van der Waals surface area contributed by atoms with Crippen LogP contribution in [0.4, 0.5) is 5.69 Å². The van der Waals surface area contributed by atoms with E-state index in [1.165, 1.54) is 0 Å². The van der Waals surface area contributed by atoms with E-state index in [-0.39, 0.29) is 11.7 Å². The first-order valence-electron chi connectivity index (χ1n) is 5.34. The van der Waals surface area contributed by atoms with E-state index in [1.807, 2.05) is 6.92 Å². The fourth-order valence-corrected chi connectivity index (χ4v) is 1.38. The minimum atomic E-state index is -1.11. The van der Waals surface area contributed by atoms with E-state index in [0.717, 1.165) is 5.56 Å². The van der Waals surface area contributed by atoms with Gasteiger partial charge >= 0.3 is 0 Å². The van der Waals surface area contributed by atoms with Gasteiger partial charge in [0.05, 0.1) is 0 Å². The van der Waals surface area contributed by atoms with Gasteiger partial charge in [-0.2, -0.15) is 0 Å². The normalized spacial score (nSPS) is 12.3. The second-order valence-electron chi connectivity index (χ2n) is 4.53. The summed E-state index contributed by atoms with van der Waals surface area (Å²) < 4.78 is 0. The van der Waals surface area contributed by atoms with Crippen LogP contribution in [-0.4, -0.2) is 17.0 Å². The molecule has 0 radical (unpaired) electrons. The van der Waals surface area contributed by atoms with Crippen molar-refractivity contribution in [2.24, 2.45) is 16.3 Å². The zero-order valence-electron chi connectivity index (χ0n) is 10.5. The van der Waals surface area contributed by atoms with Crippen molar-refractivity contribution in [1.82, 2.24) is 0 Å². The molecule has 0 aliphatic carbocycles. The number of nitrogens with one attached hydrogen (secondary N) is 1. The van der Waals surface area contributed by atoms with Crippen LogP contribution in [0.1, 0.15) is 19.4 Å². The number of amidine groups is 1. The van der Waals surface area contributed by atoms with Gasteiger partial charge in [0.15, 0.2) is 5.84 Å². The molecule has 0 fully saturated rings. The Morgan fingerprint density at radius 1 is 1.50 bits per heavy atom. The number of halogens is 1. The third kappa shape index (κ3) is 2.92. The number of carbonyl (C=O) groups excluding carboxylic acids is 1. The molecule has 0 spiro atoms. The topological polar surface area (TPSA) is 87.7 Å². The highest BCUT2D eigenvalue weighted by Gasteiger charge is 2.32. The van der Waals surface area contributed by atoms with Crippen LogP contribution < -0.4 is 11.1 Å². The first-order chi connectivity index (χ1) is 8.28. The molecule has 1 aromatic carbocycles. The standard InChI is InChI=1S/C12H16ClN3O2/c1-7-4-5-8(6-9(7)13)15-11(17)12(2,3)10(14)16-18/h4-6,18H,1-3H3,(H2,14,16)(H,15,17). The number of nitrogens with two attached hydrogens (primary N) is 1. The summed E-state index contributed by atoms with van der Waals surface area (Å²) in [5.74, 6) is -0.532. The number of amides is 1. The zero-order valence-corrected chi connectivity index (χ0v) is 11.2. The van der Waals surface area contributed by atoms with Gasteiger partial charge in [0.2, 0.25) is 5.91 Å². The van der Waals surface area contributed by atoms with E-state index in [4.69, 9.17) is 22.5 Å². The molecular formula is C12H16ClN3O2. The molecule has 6 heteroatoms. The van der Waals surface area contributed by atoms with Gasteiger partial charge in [-0.25, -0.2) is 0 Å². The first-order valence-corrected chi connectivity index (χ1v) is 5.72. The molecule has 1 amide bonds. The maximum atomic E-state index is 12.0. The van der Waals surface area contributed by atoms with Crippen LogP contribution >= 0.6 is 11.6 Å². The highest BCUT2D eigenvalue weighted by molar-refractivity contribution is 6.31. The van der Waals surface area contributed by atoms with Crippen molar-refractivity contribution >= 4 is 29.0 Å². The minimum Gasteiger partial charge on any atom is -0.409 e. The van der Waals surface area contributed by atoms with E-state index < -0.39 is 5.41 Å². The largest absolute Gasteiger partial charge is 0.409 e. The molecule has 0 atom stereocenters. The first kappa shape index (κ1) is 14.3. The SMILES string of the molecule is Cc1ccc(NC(=O)C(C)(C)C(N)=NO)cc1Cl. The number of nitrogens with zero attached hydrogens (tertiary/aromatic N) is 1. The number of hydrogen-bond acceptors (Lipinski definition) is 3. The maximum absolute atomic E-state index is 12.0. The maximum Gasteiger partial charge on any atom is 0.237 e. The van der Waals surface area contributed by atoms with Crippen molar-refractivity contribution in [2.75, 3.05) is 5.32 Å². The third-order valence-corrected chi connectivity index (χ3v) is 3.15. The summed E-state index contributed by atoms with van der Waals surface area (Å²) in [5, 5.41) is 14.7. The van der Waals surface area contributed by atoms with Gasteiger partial charge in [0.1, 0.15) is 5.41 Å². The Balaban J connectivity index is 2.91. The summed E-state index contributed by atoms with van der Waals surface area (Å²) in [6.45, 7) is 4.99. The number of hydrogen-bond donors (Lipinski definition) is 3. The lowest BCUT2D eigenvalue weighted by Crippen LogP contribution is -2.42. The lowest BCUT2D eigenvalue weighted by Gasteiger charge is -2.21. The molecule has 5 nitrogen and oxygen atoms in total. The van der Waals surface area contributed by atoms with Crippen LogP contribution in [0.15, 0.2) is 23.4 Å². The molecule has 98 valence electrons. The van der Waals surface area contributed by atoms with Crippen LogP contribution in [0.2, 0.25) is 5.02 Å². The minimum absolute atomic E-state index is 0.154. The van der Waals surface area contributed by atoms with Crippen molar-refractivity contribution in [2.45, 2.75) is 20.8 Å². The van der Waals surface area contributed by atoms with Crippen LogP contribution in [-0.2, 0) is 4.79 Å². The highest BCUT2D eigenvalue weighted by Crippen LogP contribution is 2.23. The molecule has 1 aromatic rings. The van der Waals surface area contributed by atoms with Crippen molar-refractivity contribution in [3.8, 4) is 0 Å². The van der Waals surface area contributed by atoms with Gasteiger partial charge in [0, 0.05) is 10.7 Å². The van der Waals surface area contributed by atoms with Crippen molar-refractivity contribution in [1.29, 1.82) is 0 Å². The van der Waals surface area contributed by atoms with Crippen molar-refractivity contribution in [3.05, 3.63) is 28.8 Å². The molecule has 0 aliphatic heterocycles. The van der Waals surface area contributed by atoms with Gasteiger partial charge in [-0.15, -0.1) is 0 Å². The Morgan fingerprint density at radius 2 is 2.11 bits per heavy atom. The predicted octanol–water partition coefficient (Wildman–Crippen LogP) is 2.36. The lowest BCUT2D eigenvalue weighted by molar-refractivity contribution is -0.121. The molecule has 0 bridgehead atoms. The Hall–Kier alpha value is -1.75. The third-order valence-electron chi connectivity index (χ3n) is 2.75. The number of rotatable bonds is 3. The average Bonchev–Trinajstić information content (AvgIpc) is 2.32. The molecule has 4 N–H and O–H groups in total. The number of anilines is 1. The predicted molar refractivity (Wildman–Crippen MR) is 72.0 cm³/mol. The number of oxime groups is 1. The Kier molecular flexibility index (Phi) is 4.19. The molecule has 18 heavy (non-hydrogen) atoms. The number of benzene rings is 1. The molecule has 0 saturated heterocycles. The van der Waals surface area contributed by atoms with E-state index >= 15 is 0 Å². The van der Waals surface area contributed by atoms with E-state index in [9.17, 15) is 4.79 Å². The summed E-state index contributed by atoms with van der Waals surface area (Å²) in [4.78, 5) is 12.0. The molecule has 0 unspecified atom stereocenters. The fraction of sp³-hybridized carbons (Fsp3) is 0.333. The van der Waals surface area contributed by atoms with Gasteiger partial charge in [-0.3, -0.25) is 4.79 Å². The van der Waals surface area contributed by atoms with Crippen LogP contribution in [0.25, 0.3) is 0 Å². The Morgan fingerprint density at radius 3 is 2.61 bits per heavy atom. The lowest BCUT2D eigenvalue weighted by atomic mass is 9.91. The average molecular weight is 270 g/mol. The Labute approximate surface area is 111 Å². The van der Waals surface area contributed by atoms with Crippen LogP contribution in [0.3, 0.4) is 0 Å². The molecular weight excluding hydrogens is 254 g/mol. The molecule has 0 saturated carbocycles. The van der Waals surface area contributed by atoms with Gasteiger partial charge < -0.3 is 16.3 Å². The molecule has 1 rings (SSSR count). The smallest absolute Gasteiger partial charge is 0.237 e. The van der Waals surface area contributed by atoms with Crippen LogP contribution in [0.5, 0.6) is 0 Å². The second-order valence-corrected chi connectivity index (χ2v) is 4.94. The number of carbonyl (C=O) groups is 1. The van der Waals surface area contributed by atoms with Gasteiger partial charge in [-0.05, 0) is 38.5 Å². The van der Waals surface area contributed by atoms with E-state index in [1.54, 1.807) is 32.0 Å². The van der Waals surface area contributed by atoms with Gasteiger partial charge in [0.25, 0.3) is 0 Å². The monoisotopic (exact) mass is 269 g/mol. The summed E-state index contributed by atoms with van der Waals surface area (Å²) in [5.41, 5.74) is 5.85. The summed E-state index contributed by atoms with van der Waals surface area (Å²) in [6.07, 6.45) is 0. The summed E-state index contributed by atoms with van der Waals surface area (Å²) >= 11 is 5.96.